The van der Waals surface area contributed by atoms with Crippen molar-refractivity contribution in [3.05, 3.63) is 83.4 Å². The number of aliphatic carboxylic acids is 1. The molecular formula is C22H23N3O2. The van der Waals surface area contributed by atoms with E-state index in [9.17, 15) is 9.90 Å². The lowest BCUT2D eigenvalue weighted by atomic mass is 10.1. The van der Waals surface area contributed by atoms with Crippen LogP contribution in [0.4, 0.5) is 5.69 Å². The highest BCUT2D eigenvalue weighted by atomic mass is 16.4. The minimum atomic E-state index is -0.938. The molecule has 1 aliphatic rings. The van der Waals surface area contributed by atoms with Gasteiger partial charge in [0, 0.05) is 18.8 Å². The number of carboxylic acid groups (broad SMARTS) is 1. The van der Waals surface area contributed by atoms with Gasteiger partial charge in [0.25, 0.3) is 0 Å². The lowest BCUT2D eigenvalue weighted by Gasteiger charge is -2.16. The third kappa shape index (κ3) is 5.85. The number of aliphatic imine (C=N–C) groups is 1. The highest BCUT2D eigenvalue weighted by molar-refractivity contribution is 5.95. The molecule has 138 valence electrons. The number of carbonyl (C=O) groups is 1. The largest absolute Gasteiger partial charge is 0.478 e. The van der Waals surface area contributed by atoms with Crippen LogP contribution in [0, 0.1) is 0 Å². The number of anilines is 1. The van der Waals surface area contributed by atoms with Crippen molar-refractivity contribution in [2.24, 2.45) is 4.99 Å². The molecule has 2 aromatic carbocycles. The van der Waals surface area contributed by atoms with Gasteiger partial charge in [0.05, 0.1) is 5.57 Å². The Balaban J connectivity index is 1.66. The third-order valence-electron chi connectivity index (χ3n) is 4.11. The molecule has 27 heavy (non-hydrogen) atoms. The van der Waals surface area contributed by atoms with Crippen molar-refractivity contribution >= 4 is 23.7 Å². The van der Waals surface area contributed by atoms with Crippen molar-refractivity contribution in [1.82, 2.24) is 5.32 Å². The Labute approximate surface area is 159 Å². The van der Waals surface area contributed by atoms with Crippen LogP contribution in [0.3, 0.4) is 0 Å². The summed E-state index contributed by atoms with van der Waals surface area (Å²) in [6, 6.07) is 17.5. The number of benzene rings is 2. The van der Waals surface area contributed by atoms with Gasteiger partial charge in [0.1, 0.15) is 0 Å². The summed E-state index contributed by atoms with van der Waals surface area (Å²) in [7, 11) is 0. The summed E-state index contributed by atoms with van der Waals surface area (Å²) < 4.78 is 0. The molecule has 0 amide bonds. The van der Waals surface area contributed by atoms with E-state index in [-0.39, 0.29) is 5.57 Å². The van der Waals surface area contributed by atoms with E-state index < -0.39 is 5.97 Å². The average molecular weight is 361 g/mol. The standard InChI is InChI=1S/C22H23N3O2/c26-21(27)19(15-17-7-2-1-3-8-17)11-4-9-18-10-5-12-20(16-18)25-22-23-13-6-14-24-22/h1-5,7-8,10-12,15-16H,6,9,13-14H2,(H,26,27)(H2,23,24,25). The van der Waals surface area contributed by atoms with E-state index in [1.54, 1.807) is 12.2 Å². The van der Waals surface area contributed by atoms with Crippen LogP contribution in [0.2, 0.25) is 0 Å². The van der Waals surface area contributed by atoms with Crippen LogP contribution < -0.4 is 10.6 Å². The minimum Gasteiger partial charge on any atom is -0.478 e. The second kappa shape index (κ2) is 9.38. The molecular weight excluding hydrogens is 338 g/mol. The predicted molar refractivity (Wildman–Crippen MR) is 110 cm³/mol. The summed E-state index contributed by atoms with van der Waals surface area (Å²) in [4.78, 5) is 15.9. The Morgan fingerprint density at radius 3 is 2.78 bits per heavy atom. The fourth-order valence-electron chi connectivity index (χ4n) is 2.76. The van der Waals surface area contributed by atoms with E-state index in [1.165, 1.54) is 0 Å². The number of hydrogen-bond donors (Lipinski definition) is 3. The Hall–Kier alpha value is -3.34. The zero-order valence-electron chi connectivity index (χ0n) is 15.1. The van der Waals surface area contributed by atoms with Crippen LogP contribution in [-0.2, 0) is 11.2 Å². The smallest absolute Gasteiger partial charge is 0.335 e. The maximum absolute atomic E-state index is 11.5. The molecule has 0 aliphatic carbocycles. The maximum Gasteiger partial charge on any atom is 0.335 e. The third-order valence-corrected chi connectivity index (χ3v) is 4.11. The molecule has 5 nitrogen and oxygen atoms in total. The van der Waals surface area contributed by atoms with Crippen molar-refractivity contribution in [2.75, 3.05) is 18.4 Å². The summed E-state index contributed by atoms with van der Waals surface area (Å²) in [6.45, 7) is 1.77. The molecule has 0 bridgehead atoms. The minimum absolute atomic E-state index is 0.260. The second-order valence-corrected chi connectivity index (χ2v) is 6.26. The molecule has 2 aromatic rings. The topological polar surface area (TPSA) is 73.7 Å². The Bertz CT molecular complexity index is 870. The highest BCUT2D eigenvalue weighted by Gasteiger charge is 2.05. The van der Waals surface area contributed by atoms with Gasteiger partial charge < -0.3 is 15.7 Å². The van der Waals surface area contributed by atoms with Crippen molar-refractivity contribution in [3.8, 4) is 0 Å². The molecule has 0 unspecified atom stereocenters. The lowest BCUT2D eigenvalue weighted by Crippen LogP contribution is -2.35. The summed E-state index contributed by atoms with van der Waals surface area (Å²) in [5.41, 5.74) is 3.19. The second-order valence-electron chi connectivity index (χ2n) is 6.26. The predicted octanol–water partition coefficient (Wildman–Crippen LogP) is 3.71. The summed E-state index contributed by atoms with van der Waals surface area (Å²) in [5.74, 6) is -0.139. The van der Waals surface area contributed by atoms with Crippen molar-refractivity contribution < 1.29 is 9.90 Å². The monoisotopic (exact) mass is 361 g/mol. The first-order valence-electron chi connectivity index (χ1n) is 9.01. The van der Waals surface area contributed by atoms with E-state index >= 15 is 0 Å². The fourth-order valence-corrected chi connectivity index (χ4v) is 2.76. The van der Waals surface area contributed by atoms with Crippen LogP contribution in [0.5, 0.6) is 0 Å². The molecule has 0 aromatic heterocycles. The van der Waals surface area contributed by atoms with Gasteiger partial charge in [-0.3, -0.25) is 4.99 Å². The zero-order valence-corrected chi connectivity index (χ0v) is 15.1. The number of guanidine groups is 1. The van der Waals surface area contributed by atoms with E-state index in [0.29, 0.717) is 6.42 Å². The molecule has 0 spiro atoms. The lowest BCUT2D eigenvalue weighted by molar-refractivity contribution is -0.132. The van der Waals surface area contributed by atoms with Crippen molar-refractivity contribution in [1.29, 1.82) is 0 Å². The normalized spacial score (nSPS) is 14.5. The van der Waals surface area contributed by atoms with E-state index in [2.05, 4.69) is 15.6 Å². The molecule has 0 saturated heterocycles. The van der Waals surface area contributed by atoms with E-state index in [1.807, 2.05) is 60.7 Å². The van der Waals surface area contributed by atoms with Gasteiger partial charge in [0.15, 0.2) is 5.96 Å². The molecule has 1 aliphatic heterocycles. The zero-order chi connectivity index (χ0) is 18.9. The van der Waals surface area contributed by atoms with Crippen LogP contribution in [0.25, 0.3) is 6.08 Å². The van der Waals surface area contributed by atoms with Gasteiger partial charge in [-0.15, -0.1) is 0 Å². The number of rotatable bonds is 6. The molecule has 3 N–H and O–H groups in total. The molecule has 3 rings (SSSR count). The van der Waals surface area contributed by atoms with Crippen molar-refractivity contribution in [3.63, 3.8) is 0 Å². The Morgan fingerprint density at radius 2 is 2.04 bits per heavy atom. The van der Waals surface area contributed by atoms with Crippen LogP contribution >= 0.6 is 0 Å². The van der Waals surface area contributed by atoms with E-state index in [4.69, 9.17) is 0 Å². The number of hydrogen-bond acceptors (Lipinski definition) is 4. The maximum atomic E-state index is 11.5. The first-order chi connectivity index (χ1) is 13.2. The first kappa shape index (κ1) is 18.5. The summed E-state index contributed by atoms with van der Waals surface area (Å²) in [6.07, 6.45) is 6.90. The molecule has 0 saturated carbocycles. The van der Waals surface area contributed by atoms with Gasteiger partial charge in [-0.1, -0.05) is 54.6 Å². The van der Waals surface area contributed by atoms with Crippen LogP contribution in [0.15, 0.2) is 77.3 Å². The number of nitrogens with one attached hydrogen (secondary N) is 2. The quantitative estimate of drug-likeness (QED) is 0.542. The number of allylic oxidation sites excluding steroid dienone is 1. The van der Waals surface area contributed by atoms with Crippen molar-refractivity contribution in [2.45, 2.75) is 12.8 Å². The average Bonchev–Trinajstić information content (AvgIpc) is 2.69. The molecule has 0 radical (unpaired) electrons. The SMILES string of the molecule is O=C(O)C(C=CCc1cccc(NC2=NCCCN2)c1)=Cc1ccccc1. The Morgan fingerprint density at radius 1 is 1.19 bits per heavy atom. The molecule has 0 fully saturated rings. The van der Waals surface area contributed by atoms with Gasteiger partial charge in [-0.05, 0) is 42.2 Å². The number of nitrogens with zero attached hydrogens (tertiary/aromatic N) is 1. The van der Waals surface area contributed by atoms with Crippen LogP contribution in [0.1, 0.15) is 17.5 Å². The van der Waals surface area contributed by atoms with Gasteiger partial charge in [-0.25, -0.2) is 4.79 Å². The number of carboxylic acids is 1. The first-order valence-corrected chi connectivity index (χ1v) is 9.01. The van der Waals surface area contributed by atoms with Gasteiger partial charge in [0.2, 0.25) is 0 Å². The van der Waals surface area contributed by atoms with E-state index in [0.717, 1.165) is 42.3 Å². The summed E-state index contributed by atoms with van der Waals surface area (Å²) in [5, 5.41) is 15.9. The van der Waals surface area contributed by atoms with Gasteiger partial charge in [-0.2, -0.15) is 0 Å². The van der Waals surface area contributed by atoms with Crippen LogP contribution in [-0.4, -0.2) is 30.1 Å². The molecule has 0 atom stereocenters. The molecule has 5 heteroatoms. The fraction of sp³-hybridized carbons (Fsp3) is 0.182. The summed E-state index contributed by atoms with van der Waals surface area (Å²) >= 11 is 0. The highest BCUT2D eigenvalue weighted by Crippen LogP contribution is 2.13. The van der Waals surface area contributed by atoms with Gasteiger partial charge >= 0.3 is 5.97 Å². The Kier molecular flexibility index (Phi) is 6.41. The molecule has 1 heterocycles.